The third kappa shape index (κ3) is 2.94. The maximum Gasteiger partial charge on any atom is 0.127 e. The van der Waals surface area contributed by atoms with Gasteiger partial charge in [0.05, 0.1) is 0 Å². The van der Waals surface area contributed by atoms with E-state index in [4.69, 9.17) is 10.5 Å². The number of anilines is 1. The number of rotatable bonds is 4. The fraction of sp³-hybridized carbons (Fsp3) is 0.294. The van der Waals surface area contributed by atoms with E-state index in [-0.39, 0.29) is 0 Å². The Kier molecular flexibility index (Phi) is 3.88. The van der Waals surface area contributed by atoms with Gasteiger partial charge >= 0.3 is 0 Å². The van der Waals surface area contributed by atoms with Gasteiger partial charge in [0.2, 0.25) is 0 Å². The molecule has 1 heterocycles. The Bertz CT molecular complexity index is 542. The highest BCUT2D eigenvalue weighted by atomic mass is 16.5. The molecule has 0 unspecified atom stereocenters. The predicted molar refractivity (Wildman–Crippen MR) is 82.3 cm³/mol. The molecule has 0 aliphatic carbocycles. The van der Waals surface area contributed by atoms with Crippen LogP contribution in [0.2, 0.25) is 0 Å². The summed E-state index contributed by atoms with van der Waals surface area (Å²) < 4.78 is 5.84. The Morgan fingerprint density at radius 2 is 1.40 bits per heavy atom. The number of nitrogens with zero attached hydrogens (tertiary/aromatic N) is 1. The molecule has 3 heteroatoms. The first-order valence-electron chi connectivity index (χ1n) is 7.17. The molecule has 3 rings (SSSR count). The van der Waals surface area contributed by atoms with E-state index in [1.807, 2.05) is 36.4 Å². The average molecular weight is 268 g/mol. The standard InChI is InChI=1S/C17H20N2O/c18-13-14-3-7-16(8-4-14)20-17-9-5-15(6-10-17)19-11-1-2-12-19/h3-10H,1-2,11-13,18H2. The highest BCUT2D eigenvalue weighted by Gasteiger charge is 2.11. The molecule has 1 fully saturated rings. The smallest absolute Gasteiger partial charge is 0.127 e. The van der Waals surface area contributed by atoms with E-state index in [0.29, 0.717) is 6.54 Å². The molecular formula is C17H20N2O. The molecule has 2 aromatic carbocycles. The Morgan fingerprint density at radius 3 is 1.95 bits per heavy atom. The maximum atomic E-state index is 5.84. The highest BCUT2D eigenvalue weighted by Crippen LogP contribution is 2.26. The van der Waals surface area contributed by atoms with Crippen molar-refractivity contribution in [3.63, 3.8) is 0 Å². The lowest BCUT2D eigenvalue weighted by molar-refractivity contribution is 0.482. The van der Waals surface area contributed by atoms with Gasteiger partial charge in [0.25, 0.3) is 0 Å². The van der Waals surface area contributed by atoms with Crippen LogP contribution >= 0.6 is 0 Å². The molecule has 1 saturated heterocycles. The summed E-state index contributed by atoms with van der Waals surface area (Å²) in [6.45, 7) is 2.90. The van der Waals surface area contributed by atoms with E-state index in [0.717, 1.165) is 17.1 Å². The largest absolute Gasteiger partial charge is 0.457 e. The SMILES string of the molecule is NCc1ccc(Oc2ccc(N3CCCC3)cc2)cc1. The fourth-order valence-electron chi connectivity index (χ4n) is 2.53. The van der Waals surface area contributed by atoms with E-state index in [1.54, 1.807) is 0 Å². The molecule has 2 N–H and O–H groups in total. The summed E-state index contributed by atoms with van der Waals surface area (Å²) in [7, 11) is 0. The summed E-state index contributed by atoms with van der Waals surface area (Å²) in [5.41, 5.74) is 7.98. The van der Waals surface area contributed by atoms with Crippen LogP contribution in [0.5, 0.6) is 11.5 Å². The summed E-state index contributed by atoms with van der Waals surface area (Å²) in [6.07, 6.45) is 2.59. The minimum absolute atomic E-state index is 0.560. The first-order valence-corrected chi connectivity index (χ1v) is 7.17. The lowest BCUT2D eigenvalue weighted by atomic mass is 10.2. The molecule has 0 aromatic heterocycles. The van der Waals surface area contributed by atoms with E-state index in [1.165, 1.54) is 31.6 Å². The number of benzene rings is 2. The Labute approximate surface area is 120 Å². The molecule has 1 aliphatic heterocycles. The zero-order chi connectivity index (χ0) is 13.8. The second-order valence-corrected chi connectivity index (χ2v) is 5.14. The van der Waals surface area contributed by atoms with Gasteiger partial charge in [-0.25, -0.2) is 0 Å². The molecule has 0 bridgehead atoms. The van der Waals surface area contributed by atoms with Crippen LogP contribution in [0.3, 0.4) is 0 Å². The van der Waals surface area contributed by atoms with Crippen molar-refractivity contribution in [1.29, 1.82) is 0 Å². The summed E-state index contributed by atoms with van der Waals surface area (Å²) in [6, 6.07) is 16.2. The molecule has 0 spiro atoms. The molecule has 0 amide bonds. The molecule has 1 aliphatic rings. The quantitative estimate of drug-likeness (QED) is 0.921. The first kappa shape index (κ1) is 13.0. The number of ether oxygens (including phenoxy) is 1. The maximum absolute atomic E-state index is 5.84. The molecule has 20 heavy (non-hydrogen) atoms. The van der Waals surface area contributed by atoms with Crippen molar-refractivity contribution in [2.45, 2.75) is 19.4 Å². The number of hydrogen-bond acceptors (Lipinski definition) is 3. The van der Waals surface area contributed by atoms with Gasteiger partial charge in [-0.15, -0.1) is 0 Å². The van der Waals surface area contributed by atoms with E-state index >= 15 is 0 Å². The van der Waals surface area contributed by atoms with Crippen molar-refractivity contribution >= 4 is 5.69 Å². The van der Waals surface area contributed by atoms with E-state index < -0.39 is 0 Å². The minimum atomic E-state index is 0.560. The van der Waals surface area contributed by atoms with Crippen LogP contribution in [0.1, 0.15) is 18.4 Å². The lowest BCUT2D eigenvalue weighted by Gasteiger charge is -2.17. The Hall–Kier alpha value is -2.00. The van der Waals surface area contributed by atoms with Gasteiger partial charge in [-0.1, -0.05) is 12.1 Å². The van der Waals surface area contributed by atoms with Gasteiger partial charge < -0.3 is 15.4 Å². The summed E-state index contributed by atoms with van der Waals surface area (Å²) in [4.78, 5) is 2.42. The molecule has 0 saturated carbocycles. The molecule has 3 nitrogen and oxygen atoms in total. The van der Waals surface area contributed by atoms with Crippen molar-refractivity contribution in [1.82, 2.24) is 0 Å². The van der Waals surface area contributed by atoms with Crippen LogP contribution in [-0.4, -0.2) is 13.1 Å². The second kappa shape index (κ2) is 5.97. The van der Waals surface area contributed by atoms with Crippen LogP contribution in [0.25, 0.3) is 0 Å². The van der Waals surface area contributed by atoms with Crippen LogP contribution in [0, 0.1) is 0 Å². The molecule has 0 atom stereocenters. The van der Waals surface area contributed by atoms with E-state index in [9.17, 15) is 0 Å². The van der Waals surface area contributed by atoms with Gasteiger partial charge in [0.15, 0.2) is 0 Å². The van der Waals surface area contributed by atoms with Gasteiger partial charge in [0.1, 0.15) is 11.5 Å². The van der Waals surface area contributed by atoms with E-state index in [2.05, 4.69) is 17.0 Å². The molecule has 2 aromatic rings. The molecular weight excluding hydrogens is 248 g/mol. The molecule has 0 radical (unpaired) electrons. The van der Waals surface area contributed by atoms with Crippen LogP contribution in [0.15, 0.2) is 48.5 Å². The van der Waals surface area contributed by atoms with Crippen molar-refractivity contribution in [3.05, 3.63) is 54.1 Å². The van der Waals surface area contributed by atoms with Crippen LogP contribution < -0.4 is 15.4 Å². The number of nitrogens with two attached hydrogens (primary N) is 1. The fourth-order valence-corrected chi connectivity index (χ4v) is 2.53. The van der Waals surface area contributed by atoms with Crippen LogP contribution in [-0.2, 0) is 6.54 Å². The Morgan fingerprint density at radius 1 is 0.850 bits per heavy atom. The molecule has 104 valence electrons. The lowest BCUT2D eigenvalue weighted by Crippen LogP contribution is -2.17. The normalized spacial score (nSPS) is 14.6. The van der Waals surface area contributed by atoms with Crippen LogP contribution in [0.4, 0.5) is 5.69 Å². The summed E-state index contributed by atoms with van der Waals surface area (Å²) in [5, 5.41) is 0. The highest BCUT2D eigenvalue weighted by molar-refractivity contribution is 5.50. The topological polar surface area (TPSA) is 38.5 Å². The zero-order valence-corrected chi connectivity index (χ0v) is 11.6. The van der Waals surface area contributed by atoms with Crippen molar-refractivity contribution < 1.29 is 4.74 Å². The predicted octanol–water partition coefficient (Wildman–Crippen LogP) is 3.54. The van der Waals surface area contributed by atoms with Crippen molar-refractivity contribution in [3.8, 4) is 11.5 Å². The monoisotopic (exact) mass is 268 g/mol. The van der Waals surface area contributed by atoms with Gasteiger partial charge in [-0.05, 0) is 54.8 Å². The Balaban J connectivity index is 1.67. The average Bonchev–Trinajstić information content (AvgIpc) is 3.03. The third-order valence-corrected chi connectivity index (χ3v) is 3.70. The number of hydrogen-bond donors (Lipinski definition) is 1. The zero-order valence-electron chi connectivity index (χ0n) is 11.6. The van der Waals surface area contributed by atoms with Gasteiger partial charge in [0, 0.05) is 25.3 Å². The minimum Gasteiger partial charge on any atom is -0.457 e. The van der Waals surface area contributed by atoms with Crippen molar-refractivity contribution in [2.75, 3.05) is 18.0 Å². The van der Waals surface area contributed by atoms with Gasteiger partial charge in [-0.3, -0.25) is 0 Å². The first-order chi connectivity index (χ1) is 9.85. The van der Waals surface area contributed by atoms with Gasteiger partial charge in [-0.2, -0.15) is 0 Å². The summed E-state index contributed by atoms with van der Waals surface area (Å²) in [5.74, 6) is 1.71. The van der Waals surface area contributed by atoms with Crippen molar-refractivity contribution in [2.24, 2.45) is 5.73 Å². The third-order valence-electron chi connectivity index (χ3n) is 3.70. The second-order valence-electron chi connectivity index (χ2n) is 5.14. The summed E-state index contributed by atoms with van der Waals surface area (Å²) >= 11 is 0.